The van der Waals surface area contributed by atoms with Crippen molar-refractivity contribution in [3.05, 3.63) is 67.9 Å². The third kappa shape index (κ3) is 4.17. The molecule has 0 spiro atoms. The van der Waals surface area contributed by atoms with E-state index in [1.165, 1.54) is 17.9 Å². The molecule has 0 bridgehead atoms. The van der Waals surface area contributed by atoms with E-state index in [0.29, 0.717) is 27.5 Å². The molecule has 0 aliphatic rings. The fraction of sp³-hybridized carbons (Fsp3) is 0.200. The van der Waals surface area contributed by atoms with Crippen LogP contribution < -0.4 is 14.9 Å². The Kier molecular flexibility index (Phi) is 6.32. The van der Waals surface area contributed by atoms with Gasteiger partial charge in [-0.1, -0.05) is 41.4 Å². The molecule has 2 aromatic carbocycles. The summed E-state index contributed by atoms with van der Waals surface area (Å²) in [5.74, 6) is -0.110. The topological polar surface area (TPSA) is 98.0 Å². The minimum atomic E-state index is -1.61. The Morgan fingerprint density at radius 3 is 2.59 bits per heavy atom. The molecular weight excluding hydrogens is 421 g/mol. The van der Waals surface area contributed by atoms with Crippen LogP contribution in [-0.2, 0) is 13.0 Å². The molecule has 0 unspecified atom stereocenters. The molecule has 0 atom stereocenters. The van der Waals surface area contributed by atoms with Crippen molar-refractivity contribution in [3.8, 4) is 11.5 Å². The predicted molar refractivity (Wildman–Crippen MR) is 110 cm³/mol. The van der Waals surface area contributed by atoms with Crippen LogP contribution in [0.25, 0.3) is 10.9 Å². The third-order valence-corrected chi connectivity index (χ3v) is 5.26. The molecule has 9 heteroatoms. The van der Waals surface area contributed by atoms with Gasteiger partial charge in [0.05, 0.1) is 40.9 Å². The number of pyridine rings is 1. The highest BCUT2D eigenvalue weighted by atomic mass is 35.5. The lowest BCUT2D eigenvalue weighted by Gasteiger charge is -2.17. The fourth-order valence-corrected chi connectivity index (χ4v) is 3.58. The first-order chi connectivity index (χ1) is 13.9. The molecule has 0 aliphatic heterocycles. The number of carbonyl (C=O) groups is 1. The maximum atomic E-state index is 12.9. The molecule has 7 nitrogen and oxygen atoms in total. The molecule has 3 rings (SSSR count). The van der Waals surface area contributed by atoms with Crippen molar-refractivity contribution >= 4 is 40.3 Å². The van der Waals surface area contributed by atoms with Crippen LogP contribution in [0.2, 0.25) is 10.0 Å². The smallest absolute Gasteiger partial charge is 0.496 e. The molecule has 0 saturated carbocycles. The maximum Gasteiger partial charge on any atom is 0.511 e. The second-order valence-corrected chi connectivity index (χ2v) is 6.93. The van der Waals surface area contributed by atoms with Crippen LogP contribution in [0.15, 0.2) is 41.3 Å². The van der Waals surface area contributed by atoms with Crippen LogP contribution in [0.3, 0.4) is 0 Å². The Labute approximate surface area is 175 Å². The first-order valence-corrected chi connectivity index (χ1v) is 9.30. The number of aliphatic hydroxyl groups is 1. The molecule has 1 aromatic heterocycles. The lowest BCUT2D eigenvalue weighted by Crippen LogP contribution is -2.18. The van der Waals surface area contributed by atoms with Gasteiger partial charge in [0, 0.05) is 13.0 Å². The molecule has 3 aromatic rings. The quantitative estimate of drug-likeness (QED) is 0.566. The van der Waals surface area contributed by atoms with E-state index in [9.17, 15) is 14.7 Å². The van der Waals surface area contributed by atoms with Gasteiger partial charge in [0.1, 0.15) is 5.75 Å². The predicted octanol–water partition coefficient (Wildman–Crippen LogP) is 3.96. The Morgan fingerprint density at radius 1 is 1.17 bits per heavy atom. The highest BCUT2D eigenvalue weighted by molar-refractivity contribution is 6.42. The third-order valence-electron chi connectivity index (χ3n) is 4.41. The summed E-state index contributed by atoms with van der Waals surface area (Å²) in [4.78, 5) is 23.9. The lowest BCUT2D eigenvalue weighted by atomic mass is 10.0. The van der Waals surface area contributed by atoms with Crippen molar-refractivity contribution in [1.29, 1.82) is 0 Å². The van der Waals surface area contributed by atoms with E-state index in [1.54, 1.807) is 24.3 Å². The highest BCUT2D eigenvalue weighted by Crippen LogP contribution is 2.33. The summed E-state index contributed by atoms with van der Waals surface area (Å²) in [6, 6.07) is 8.74. The van der Waals surface area contributed by atoms with Gasteiger partial charge in [0.25, 0.3) is 0 Å². The maximum absolute atomic E-state index is 12.9. The zero-order valence-electron chi connectivity index (χ0n) is 15.3. The summed E-state index contributed by atoms with van der Waals surface area (Å²) >= 11 is 12.4. The Hall–Kier alpha value is -2.74. The van der Waals surface area contributed by atoms with Crippen LogP contribution in [0.4, 0.5) is 4.79 Å². The normalized spacial score (nSPS) is 10.9. The number of ether oxygens (including phenoxy) is 2. The molecule has 2 N–H and O–H groups in total. The van der Waals surface area contributed by atoms with Crippen molar-refractivity contribution in [1.82, 2.24) is 4.57 Å². The number of benzene rings is 2. The number of methoxy groups -OCH3 is 1. The van der Waals surface area contributed by atoms with E-state index in [1.807, 2.05) is 6.07 Å². The summed E-state index contributed by atoms with van der Waals surface area (Å²) < 4.78 is 11.7. The number of fused-ring (bicyclic) bond motifs is 1. The van der Waals surface area contributed by atoms with Crippen molar-refractivity contribution in [3.63, 3.8) is 0 Å². The van der Waals surface area contributed by atoms with Gasteiger partial charge < -0.3 is 24.3 Å². The van der Waals surface area contributed by atoms with E-state index in [4.69, 9.17) is 33.0 Å². The van der Waals surface area contributed by atoms with E-state index in [2.05, 4.69) is 4.74 Å². The van der Waals surface area contributed by atoms with Crippen molar-refractivity contribution < 1.29 is 24.5 Å². The zero-order valence-corrected chi connectivity index (χ0v) is 16.8. The van der Waals surface area contributed by atoms with Crippen LogP contribution in [0.5, 0.6) is 11.5 Å². The van der Waals surface area contributed by atoms with Gasteiger partial charge in [-0.2, -0.15) is 0 Å². The number of halogens is 2. The van der Waals surface area contributed by atoms with E-state index < -0.39 is 11.6 Å². The molecule has 1 heterocycles. The molecule has 0 amide bonds. The second kappa shape index (κ2) is 8.73. The number of hydrogen-bond acceptors (Lipinski definition) is 5. The molecule has 0 fully saturated rings. The average Bonchev–Trinajstić information content (AvgIpc) is 2.68. The summed E-state index contributed by atoms with van der Waals surface area (Å²) in [5.41, 5.74) is 1.24. The Balaban J connectivity index is 2.26. The Morgan fingerprint density at radius 2 is 1.93 bits per heavy atom. The minimum absolute atomic E-state index is 0.134. The number of rotatable bonds is 6. The summed E-state index contributed by atoms with van der Waals surface area (Å²) in [6.07, 6.45) is -0.0259. The van der Waals surface area contributed by atoms with Gasteiger partial charge in [-0.25, -0.2) is 4.79 Å². The highest BCUT2D eigenvalue weighted by Gasteiger charge is 2.20. The van der Waals surface area contributed by atoms with Crippen LogP contribution in [0.1, 0.15) is 11.1 Å². The van der Waals surface area contributed by atoms with E-state index >= 15 is 0 Å². The summed E-state index contributed by atoms with van der Waals surface area (Å²) in [5, 5.41) is 19.2. The van der Waals surface area contributed by atoms with Crippen molar-refractivity contribution in [2.75, 3.05) is 13.7 Å². The zero-order chi connectivity index (χ0) is 21.1. The monoisotopic (exact) mass is 437 g/mol. The largest absolute Gasteiger partial charge is 0.511 e. The van der Waals surface area contributed by atoms with Gasteiger partial charge in [-0.05, 0) is 23.3 Å². The van der Waals surface area contributed by atoms with E-state index in [-0.39, 0.29) is 30.0 Å². The van der Waals surface area contributed by atoms with Gasteiger partial charge in [-0.3, -0.25) is 4.79 Å². The molecule has 0 saturated heterocycles. The second-order valence-electron chi connectivity index (χ2n) is 6.15. The molecule has 0 radical (unpaired) electrons. The molecule has 0 aliphatic carbocycles. The standard InChI is InChI=1S/C20H17Cl2NO6/c1-28-19-12(9-11-3-2-4-13(21)17(11)22)5-6-14-16(19)18(25)15(29-20(26)27)10-23(14)7-8-24/h2-6,10,24H,7-9H2,1H3,(H,26,27). The van der Waals surface area contributed by atoms with Crippen molar-refractivity contribution in [2.24, 2.45) is 0 Å². The fourth-order valence-electron chi connectivity index (χ4n) is 3.19. The summed E-state index contributed by atoms with van der Waals surface area (Å²) in [7, 11) is 1.42. The average molecular weight is 438 g/mol. The van der Waals surface area contributed by atoms with Crippen LogP contribution in [0, 0.1) is 0 Å². The SMILES string of the molecule is COc1c(Cc2cccc(Cl)c2Cl)ccc2c1c(=O)c(OC(=O)O)cn2CCO. The number of carboxylic acid groups (broad SMARTS) is 1. The molecule has 29 heavy (non-hydrogen) atoms. The van der Waals surface area contributed by atoms with Crippen LogP contribution in [-0.4, -0.2) is 34.7 Å². The van der Waals surface area contributed by atoms with Crippen molar-refractivity contribution in [2.45, 2.75) is 13.0 Å². The van der Waals surface area contributed by atoms with Gasteiger partial charge in [-0.15, -0.1) is 0 Å². The number of aromatic nitrogens is 1. The number of aliphatic hydroxyl groups excluding tert-OH is 1. The summed E-state index contributed by atoms with van der Waals surface area (Å²) in [6.45, 7) is -0.0813. The molecular formula is C20H17Cl2NO6. The van der Waals surface area contributed by atoms with E-state index in [0.717, 1.165) is 5.56 Å². The number of hydrogen-bond donors (Lipinski definition) is 2. The first-order valence-electron chi connectivity index (χ1n) is 8.55. The lowest BCUT2D eigenvalue weighted by molar-refractivity contribution is 0.143. The van der Waals surface area contributed by atoms with Gasteiger partial charge in [0.2, 0.25) is 5.43 Å². The number of nitrogens with zero attached hydrogens (tertiary/aromatic N) is 1. The van der Waals surface area contributed by atoms with Gasteiger partial charge >= 0.3 is 6.16 Å². The molecule has 152 valence electrons. The Bertz CT molecular complexity index is 1140. The first kappa shape index (κ1) is 21.0. The minimum Gasteiger partial charge on any atom is -0.496 e. The van der Waals surface area contributed by atoms with Crippen LogP contribution >= 0.6 is 23.2 Å². The van der Waals surface area contributed by atoms with Gasteiger partial charge in [0.15, 0.2) is 5.75 Å².